The molecular formula is C20H17ClF3N3O3. The standard InChI is InChI=1S/C18H16ClN3O.C2HF3O2/c19-16-7-2-1-6-14(16)18-15-9-20-10-17(15)21-22(18)11-12-4-3-5-13(23)8-12;3-2(4,5)1(6)7/h1-8,20,23H,9-11H2;(H,6,7). The summed E-state index contributed by atoms with van der Waals surface area (Å²) in [4.78, 5) is 8.90. The molecule has 0 unspecified atom stereocenters. The average Bonchev–Trinajstić information content (AvgIpc) is 3.23. The summed E-state index contributed by atoms with van der Waals surface area (Å²) in [5.74, 6) is -2.49. The molecule has 0 amide bonds. The maximum atomic E-state index is 10.6. The van der Waals surface area contributed by atoms with Gasteiger partial charge in [-0.25, -0.2) is 4.79 Å². The van der Waals surface area contributed by atoms with Crippen LogP contribution in [0.3, 0.4) is 0 Å². The first-order valence-corrected chi connectivity index (χ1v) is 9.17. The highest BCUT2D eigenvalue weighted by atomic mass is 35.5. The van der Waals surface area contributed by atoms with E-state index in [0.717, 1.165) is 40.6 Å². The number of nitrogens with zero attached hydrogens (tertiary/aromatic N) is 2. The molecule has 0 spiro atoms. The van der Waals surface area contributed by atoms with Gasteiger partial charge in [0.25, 0.3) is 0 Å². The molecule has 6 nitrogen and oxygen atoms in total. The van der Waals surface area contributed by atoms with Crippen LogP contribution in [-0.2, 0) is 24.4 Å². The number of hydrogen-bond donors (Lipinski definition) is 3. The minimum atomic E-state index is -5.08. The number of halogens is 4. The lowest BCUT2D eigenvalue weighted by molar-refractivity contribution is -0.192. The summed E-state index contributed by atoms with van der Waals surface area (Å²) in [7, 11) is 0. The number of benzene rings is 2. The highest BCUT2D eigenvalue weighted by Crippen LogP contribution is 2.34. The molecule has 1 aromatic heterocycles. The lowest BCUT2D eigenvalue weighted by Crippen LogP contribution is -2.21. The number of carboxylic acids is 1. The fourth-order valence-electron chi connectivity index (χ4n) is 3.08. The number of phenolic OH excluding ortho intramolecular Hbond substituents is 1. The predicted molar refractivity (Wildman–Crippen MR) is 104 cm³/mol. The molecule has 0 fully saturated rings. The summed E-state index contributed by atoms with van der Waals surface area (Å²) in [6.45, 7) is 2.18. The number of rotatable bonds is 3. The van der Waals surface area contributed by atoms with E-state index in [4.69, 9.17) is 26.6 Å². The molecule has 0 radical (unpaired) electrons. The molecule has 4 rings (SSSR count). The van der Waals surface area contributed by atoms with Crippen molar-refractivity contribution in [2.75, 3.05) is 0 Å². The molecule has 10 heteroatoms. The van der Waals surface area contributed by atoms with Crippen LogP contribution in [0.5, 0.6) is 5.75 Å². The van der Waals surface area contributed by atoms with Gasteiger partial charge >= 0.3 is 12.1 Å². The van der Waals surface area contributed by atoms with Crippen molar-refractivity contribution in [2.45, 2.75) is 25.8 Å². The normalized spacial score (nSPS) is 12.8. The van der Waals surface area contributed by atoms with E-state index < -0.39 is 12.1 Å². The highest BCUT2D eigenvalue weighted by molar-refractivity contribution is 6.33. The van der Waals surface area contributed by atoms with Crippen molar-refractivity contribution in [1.82, 2.24) is 15.1 Å². The fourth-order valence-corrected chi connectivity index (χ4v) is 3.30. The van der Waals surface area contributed by atoms with Crippen LogP contribution in [0, 0.1) is 0 Å². The van der Waals surface area contributed by atoms with Crippen molar-refractivity contribution in [3.8, 4) is 17.0 Å². The first-order chi connectivity index (χ1) is 14.2. The predicted octanol–water partition coefficient (Wildman–Crippen LogP) is 4.19. The Morgan fingerprint density at radius 2 is 1.87 bits per heavy atom. The first-order valence-electron chi connectivity index (χ1n) is 8.79. The second-order valence-corrected chi connectivity index (χ2v) is 6.89. The minimum Gasteiger partial charge on any atom is -0.508 e. The Morgan fingerprint density at radius 3 is 2.50 bits per heavy atom. The van der Waals surface area contributed by atoms with Crippen molar-refractivity contribution < 1.29 is 28.2 Å². The molecule has 0 atom stereocenters. The number of fused-ring (bicyclic) bond motifs is 1. The van der Waals surface area contributed by atoms with Crippen molar-refractivity contribution in [3.63, 3.8) is 0 Å². The van der Waals surface area contributed by atoms with Gasteiger partial charge in [0.15, 0.2) is 0 Å². The molecular weight excluding hydrogens is 423 g/mol. The van der Waals surface area contributed by atoms with Crippen molar-refractivity contribution in [2.24, 2.45) is 0 Å². The number of aromatic nitrogens is 2. The van der Waals surface area contributed by atoms with Gasteiger partial charge in [-0.3, -0.25) is 4.68 Å². The zero-order valence-corrected chi connectivity index (χ0v) is 16.2. The Bertz CT molecular complexity index is 1070. The van der Waals surface area contributed by atoms with Crippen LogP contribution in [0.25, 0.3) is 11.3 Å². The fraction of sp³-hybridized carbons (Fsp3) is 0.200. The zero-order chi connectivity index (χ0) is 21.9. The number of phenols is 1. The summed E-state index contributed by atoms with van der Waals surface area (Å²) >= 11 is 6.42. The summed E-state index contributed by atoms with van der Waals surface area (Å²) in [6.07, 6.45) is -5.08. The Hall–Kier alpha value is -3.04. The number of carboxylic acid groups (broad SMARTS) is 1. The smallest absolute Gasteiger partial charge is 0.490 e. The van der Waals surface area contributed by atoms with Gasteiger partial charge < -0.3 is 15.5 Å². The summed E-state index contributed by atoms with van der Waals surface area (Å²) in [6, 6.07) is 15.1. The van der Waals surface area contributed by atoms with Crippen molar-refractivity contribution in [3.05, 3.63) is 70.4 Å². The van der Waals surface area contributed by atoms with Gasteiger partial charge in [-0.2, -0.15) is 18.3 Å². The van der Waals surface area contributed by atoms with Crippen LogP contribution in [0.1, 0.15) is 16.8 Å². The van der Waals surface area contributed by atoms with E-state index in [1.165, 1.54) is 5.56 Å². The number of nitrogens with one attached hydrogen (secondary N) is 1. The van der Waals surface area contributed by atoms with Crippen LogP contribution >= 0.6 is 11.6 Å². The molecule has 1 aliphatic rings. The topological polar surface area (TPSA) is 87.4 Å². The molecule has 158 valence electrons. The second-order valence-electron chi connectivity index (χ2n) is 6.49. The van der Waals surface area contributed by atoms with E-state index in [1.54, 1.807) is 12.1 Å². The van der Waals surface area contributed by atoms with Crippen LogP contribution in [0.15, 0.2) is 48.5 Å². The highest BCUT2D eigenvalue weighted by Gasteiger charge is 2.38. The van der Waals surface area contributed by atoms with E-state index in [2.05, 4.69) is 5.32 Å². The molecule has 0 bridgehead atoms. The van der Waals surface area contributed by atoms with E-state index >= 15 is 0 Å². The molecule has 0 saturated carbocycles. The van der Waals surface area contributed by atoms with Gasteiger partial charge in [0.2, 0.25) is 0 Å². The van der Waals surface area contributed by atoms with E-state index in [1.807, 2.05) is 41.1 Å². The van der Waals surface area contributed by atoms with E-state index in [-0.39, 0.29) is 5.75 Å². The number of aliphatic carboxylic acids is 1. The lowest BCUT2D eigenvalue weighted by Gasteiger charge is -2.11. The maximum Gasteiger partial charge on any atom is 0.490 e. The van der Waals surface area contributed by atoms with Gasteiger partial charge in [-0.1, -0.05) is 41.9 Å². The molecule has 2 aromatic carbocycles. The number of hydrogen-bond acceptors (Lipinski definition) is 4. The van der Waals surface area contributed by atoms with Crippen LogP contribution in [-0.4, -0.2) is 32.1 Å². The molecule has 3 N–H and O–H groups in total. The monoisotopic (exact) mass is 439 g/mol. The zero-order valence-electron chi connectivity index (χ0n) is 15.4. The molecule has 2 heterocycles. The SMILES string of the molecule is O=C(O)C(F)(F)F.Oc1cccc(Cn2nc3c(c2-c2ccccc2Cl)CNC3)c1. The Kier molecular flexibility index (Phi) is 6.33. The van der Waals surface area contributed by atoms with E-state index in [9.17, 15) is 18.3 Å². The third kappa shape index (κ3) is 4.92. The third-order valence-corrected chi connectivity index (χ3v) is 4.67. The number of aromatic hydroxyl groups is 1. The number of carbonyl (C=O) groups is 1. The minimum absolute atomic E-state index is 0.267. The average molecular weight is 440 g/mol. The third-order valence-electron chi connectivity index (χ3n) is 4.34. The van der Waals surface area contributed by atoms with Gasteiger partial charge in [-0.05, 0) is 23.8 Å². The van der Waals surface area contributed by atoms with Gasteiger partial charge in [0.05, 0.1) is 17.9 Å². The lowest BCUT2D eigenvalue weighted by atomic mass is 10.1. The Balaban J connectivity index is 0.000000318. The Labute approximate surface area is 174 Å². The summed E-state index contributed by atoms with van der Waals surface area (Å²) in [5.41, 5.74) is 5.33. The molecule has 1 aliphatic heterocycles. The Morgan fingerprint density at radius 1 is 1.17 bits per heavy atom. The molecule has 0 aliphatic carbocycles. The largest absolute Gasteiger partial charge is 0.508 e. The molecule has 0 saturated heterocycles. The second kappa shape index (κ2) is 8.76. The van der Waals surface area contributed by atoms with Crippen LogP contribution in [0.4, 0.5) is 13.2 Å². The molecule has 3 aromatic rings. The van der Waals surface area contributed by atoms with E-state index in [0.29, 0.717) is 6.54 Å². The first kappa shape index (κ1) is 21.7. The quantitative estimate of drug-likeness (QED) is 0.569. The van der Waals surface area contributed by atoms with Gasteiger partial charge in [0, 0.05) is 29.2 Å². The number of alkyl halides is 3. The van der Waals surface area contributed by atoms with Crippen molar-refractivity contribution >= 4 is 17.6 Å². The molecule has 30 heavy (non-hydrogen) atoms. The summed E-state index contributed by atoms with van der Waals surface area (Å²) in [5, 5.41) is 25.6. The van der Waals surface area contributed by atoms with Crippen molar-refractivity contribution in [1.29, 1.82) is 0 Å². The van der Waals surface area contributed by atoms with Crippen LogP contribution in [0.2, 0.25) is 5.02 Å². The van der Waals surface area contributed by atoms with Gasteiger partial charge in [-0.15, -0.1) is 0 Å². The van der Waals surface area contributed by atoms with Crippen LogP contribution < -0.4 is 5.32 Å². The summed E-state index contributed by atoms with van der Waals surface area (Å²) < 4.78 is 33.7. The van der Waals surface area contributed by atoms with Gasteiger partial charge in [0.1, 0.15) is 5.75 Å². The maximum absolute atomic E-state index is 10.6.